The lowest BCUT2D eigenvalue weighted by atomic mass is 10.0. The molecule has 0 aliphatic rings. The van der Waals surface area contributed by atoms with Gasteiger partial charge in [0.25, 0.3) is 0 Å². The van der Waals surface area contributed by atoms with Gasteiger partial charge in [0.15, 0.2) is 0 Å². The van der Waals surface area contributed by atoms with Crippen molar-refractivity contribution in [3.05, 3.63) is 70.7 Å². The van der Waals surface area contributed by atoms with Crippen LogP contribution in [0.25, 0.3) is 0 Å². The number of rotatable bonds is 9. The van der Waals surface area contributed by atoms with Crippen molar-refractivity contribution in [1.29, 1.82) is 0 Å². The van der Waals surface area contributed by atoms with E-state index < -0.39 is 6.04 Å². The average molecular weight is 401 g/mol. The van der Waals surface area contributed by atoms with Gasteiger partial charge in [-0.1, -0.05) is 74.8 Å². The largest absolute Gasteiger partial charge is 0.354 e. The molecule has 150 valence electrons. The Labute approximate surface area is 172 Å². The minimum absolute atomic E-state index is 0.0393. The van der Waals surface area contributed by atoms with Crippen LogP contribution in [0.1, 0.15) is 38.3 Å². The Hall–Kier alpha value is -2.33. The Kier molecular flexibility index (Phi) is 8.52. The lowest BCUT2D eigenvalue weighted by molar-refractivity contribution is -0.143. The molecule has 0 fully saturated rings. The molecule has 0 unspecified atom stereocenters. The van der Waals surface area contributed by atoms with Gasteiger partial charge < -0.3 is 10.2 Å². The van der Waals surface area contributed by atoms with Crippen molar-refractivity contribution in [2.45, 2.75) is 46.2 Å². The van der Waals surface area contributed by atoms with Crippen molar-refractivity contribution in [2.24, 2.45) is 5.92 Å². The van der Waals surface area contributed by atoms with Crippen molar-refractivity contribution >= 4 is 23.4 Å². The van der Waals surface area contributed by atoms with Gasteiger partial charge in [-0.05, 0) is 29.7 Å². The smallest absolute Gasteiger partial charge is 0.243 e. The van der Waals surface area contributed by atoms with E-state index in [0.29, 0.717) is 24.5 Å². The summed E-state index contributed by atoms with van der Waals surface area (Å²) in [5.41, 5.74) is 1.97. The molecular weight excluding hydrogens is 372 g/mol. The second-order valence-electron chi connectivity index (χ2n) is 7.24. The number of nitrogens with one attached hydrogen (secondary N) is 1. The maximum Gasteiger partial charge on any atom is 0.243 e. The molecule has 2 amide bonds. The molecule has 0 aliphatic heterocycles. The van der Waals surface area contributed by atoms with Gasteiger partial charge in [-0.25, -0.2) is 0 Å². The van der Waals surface area contributed by atoms with E-state index in [1.165, 1.54) is 0 Å². The zero-order valence-corrected chi connectivity index (χ0v) is 17.6. The summed E-state index contributed by atoms with van der Waals surface area (Å²) in [7, 11) is 0. The molecule has 0 spiro atoms. The second kappa shape index (κ2) is 10.9. The normalized spacial score (nSPS) is 11.9. The highest BCUT2D eigenvalue weighted by Gasteiger charge is 2.31. The summed E-state index contributed by atoms with van der Waals surface area (Å²) in [6.07, 6.45) is 1.32. The van der Waals surface area contributed by atoms with Crippen molar-refractivity contribution in [2.75, 3.05) is 6.54 Å². The first kappa shape index (κ1) is 22.0. The molecule has 0 saturated carbocycles. The van der Waals surface area contributed by atoms with E-state index in [9.17, 15) is 9.59 Å². The van der Waals surface area contributed by atoms with Crippen LogP contribution in [0, 0.1) is 5.92 Å². The Bertz CT molecular complexity index is 760. The number of hydrogen-bond acceptors (Lipinski definition) is 2. The van der Waals surface area contributed by atoms with Gasteiger partial charge in [-0.3, -0.25) is 9.59 Å². The molecule has 5 heteroatoms. The number of carbonyl (C=O) groups excluding carboxylic acids is 2. The third-order valence-corrected chi connectivity index (χ3v) is 4.80. The summed E-state index contributed by atoms with van der Waals surface area (Å²) >= 11 is 5.99. The quantitative estimate of drug-likeness (QED) is 0.675. The summed E-state index contributed by atoms with van der Waals surface area (Å²) in [4.78, 5) is 27.7. The third kappa shape index (κ3) is 6.38. The summed E-state index contributed by atoms with van der Waals surface area (Å²) in [6, 6.07) is 16.6. The van der Waals surface area contributed by atoms with Gasteiger partial charge in [0.1, 0.15) is 6.04 Å². The molecule has 0 radical (unpaired) electrons. The number of nitrogens with zero attached hydrogens (tertiary/aromatic N) is 1. The van der Waals surface area contributed by atoms with Crippen molar-refractivity contribution in [3.8, 4) is 0 Å². The van der Waals surface area contributed by atoms with Gasteiger partial charge in [0, 0.05) is 30.5 Å². The van der Waals surface area contributed by atoms with Crippen LogP contribution < -0.4 is 5.32 Å². The Balaban J connectivity index is 2.35. The third-order valence-electron chi connectivity index (χ3n) is 4.54. The van der Waals surface area contributed by atoms with Crippen LogP contribution in [-0.4, -0.2) is 29.3 Å². The van der Waals surface area contributed by atoms with Crippen LogP contribution in [-0.2, 0) is 22.6 Å². The molecule has 0 aromatic heterocycles. The molecule has 2 aromatic carbocycles. The molecule has 0 aliphatic carbocycles. The van der Waals surface area contributed by atoms with E-state index in [1.54, 1.807) is 17.0 Å². The standard InChI is InChI=1S/C23H29ClN2O2/c1-4-14-25-22(27)21(15-18-8-6-5-7-9-18)26(23(28)17(2)3)16-19-10-12-20(24)13-11-19/h5-13,17,21H,4,14-16H2,1-3H3,(H,25,27)/t21-/m1/s1. The van der Waals surface area contributed by atoms with E-state index in [2.05, 4.69) is 5.32 Å². The summed E-state index contributed by atoms with van der Waals surface area (Å²) in [5.74, 6) is -0.360. The molecule has 0 heterocycles. The highest BCUT2D eigenvalue weighted by Crippen LogP contribution is 2.18. The van der Waals surface area contributed by atoms with Crippen LogP contribution in [0.4, 0.5) is 0 Å². The minimum Gasteiger partial charge on any atom is -0.354 e. The van der Waals surface area contributed by atoms with Crippen LogP contribution in [0.2, 0.25) is 5.02 Å². The molecule has 2 rings (SSSR count). The Morgan fingerprint density at radius 1 is 1.00 bits per heavy atom. The predicted octanol–water partition coefficient (Wildman–Crippen LogP) is 4.46. The molecule has 0 saturated heterocycles. The number of halogens is 1. The van der Waals surface area contributed by atoms with Crippen LogP contribution in [0.15, 0.2) is 54.6 Å². The molecule has 0 bridgehead atoms. The fourth-order valence-corrected chi connectivity index (χ4v) is 3.13. The first-order valence-corrected chi connectivity index (χ1v) is 10.2. The number of hydrogen-bond donors (Lipinski definition) is 1. The lowest BCUT2D eigenvalue weighted by Crippen LogP contribution is -2.51. The Morgan fingerprint density at radius 3 is 2.21 bits per heavy atom. The molecule has 4 nitrogen and oxygen atoms in total. The van der Waals surface area contributed by atoms with Gasteiger partial charge >= 0.3 is 0 Å². The summed E-state index contributed by atoms with van der Waals surface area (Å²) in [6.45, 7) is 6.69. The van der Waals surface area contributed by atoms with E-state index in [0.717, 1.165) is 17.5 Å². The molecule has 1 atom stereocenters. The Morgan fingerprint density at radius 2 is 1.64 bits per heavy atom. The lowest BCUT2D eigenvalue weighted by Gasteiger charge is -2.32. The van der Waals surface area contributed by atoms with E-state index in [-0.39, 0.29) is 17.7 Å². The second-order valence-corrected chi connectivity index (χ2v) is 7.68. The van der Waals surface area contributed by atoms with Crippen LogP contribution in [0.5, 0.6) is 0 Å². The molecule has 28 heavy (non-hydrogen) atoms. The fourth-order valence-electron chi connectivity index (χ4n) is 3.01. The predicted molar refractivity (Wildman–Crippen MR) is 114 cm³/mol. The van der Waals surface area contributed by atoms with Gasteiger partial charge in [-0.15, -0.1) is 0 Å². The van der Waals surface area contributed by atoms with Gasteiger partial charge in [-0.2, -0.15) is 0 Å². The van der Waals surface area contributed by atoms with Crippen LogP contribution in [0.3, 0.4) is 0 Å². The van der Waals surface area contributed by atoms with Crippen LogP contribution >= 0.6 is 11.6 Å². The maximum atomic E-state index is 13.0. The molecule has 2 aromatic rings. The zero-order chi connectivity index (χ0) is 20.5. The van der Waals surface area contributed by atoms with Crippen molar-refractivity contribution in [3.63, 3.8) is 0 Å². The molecule has 1 N–H and O–H groups in total. The van der Waals surface area contributed by atoms with Gasteiger partial charge in [0.2, 0.25) is 11.8 Å². The highest BCUT2D eigenvalue weighted by atomic mass is 35.5. The van der Waals surface area contributed by atoms with E-state index in [1.807, 2.05) is 63.2 Å². The minimum atomic E-state index is -0.570. The van der Waals surface area contributed by atoms with Gasteiger partial charge in [0.05, 0.1) is 0 Å². The van der Waals surface area contributed by atoms with E-state index >= 15 is 0 Å². The van der Waals surface area contributed by atoms with Crippen molar-refractivity contribution < 1.29 is 9.59 Å². The molecular formula is C23H29ClN2O2. The highest BCUT2D eigenvalue weighted by molar-refractivity contribution is 6.30. The number of amides is 2. The fraction of sp³-hybridized carbons (Fsp3) is 0.391. The number of benzene rings is 2. The monoisotopic (exact) mass is 400 g/mol. The topological polar surface area (TPSA) is 49.4 Å². The number of carbonyl (C=O) groups is 2. The average Bonchev–Trinajstić information content (AvgIpc) is 2.70. The SMILES string of the molecule is CCCNC(=O)[C@@H](Cc1ccccc1)N(Cc1ccc(Cl)cc1)C(=O)C(C)C. The first-order valence-electron chi connectivity index (χ1n) is 9.79. The van der Waals surface area contributed by atoms with E-state index in [4.69, 9.17) is 11.6 Å². The zero-order valence-electron chi connectivity index (χ0n) is 16.8. The maximum absolute atomic E-state index is 13.0. The van der Waals surface area contributed by atoms with Crippen molar-refractivity contribution in [1.82, 2.24) is 10.2 Å². The summed E-state index contributed by atoms with van der Waals surface area (Å²) < 4.78 is 0. The summed E-state index contributed by atoms with van der Waals surface area (Å²) in [5, 5.41) is 3.61. The first-order chi connectivity index (χ1) is 13.4.